The number of fused-ring (bicyclic) bond motifs is 1. The van der Waals surface area contributed by atoms with E-state index in [1.165, 1.54) is 24.5 Å². The minimum atomic E-state index is -0.405. The topological polar surface area (TPSA) is 61.0 Å². The van der Waals surface area contributed by atoms with Crippen LogP contribution in [0.15, 0.2) is 48.8 Å². The van der Waals surface area contributed by atoms with Gasteiger partial charge in [-0.25, -0.2) is 14.4 Å². The average Bonchev–Trinajstić information content (AvgIpc) is 2.42. The van der Waals surface area contributed by atoms with E-state index >= 15 is 0 Å². The summed E-state index contributed by atoms with van der Waals surface area (Å²) in [6, 6.07) is 11.4. The van der Waals surface area contributed by atoms with Crippen LogP contribution in [-0.2, 0) is 0 Å². The van der Waals surface area contributed by atoms with Gasteiger partial charge in [-0.2, -0.15) is 0 Å². The van der Waals surface area contributed by atoms with Crippen molar-refractivity contribution in [2.75, 3.05) is 5.73 Å². The average molecular weight is 255 g/mol. The van der Waals surface area contributed by atoms with Gasteiger partial charge in [0.25, 0.3) is 0 Å². The van der Waals surface area contributed by atoms with Gasteiger partial charge in [-0.15, -0.1) is 0 Å². The van der Waals surface area contributed by atoms with Crippen LogP contribution in [0.3, 0.4) is 0 Å². The molecule has 3 aromatic rings. The van der Waals surface area contributed by atoms with Crippen LogP contribution < -0.4 is 10.5 Å². The Morgan fingerprint density at radius 2 is 1.89 bits per heavy atom. The van der Waals surface area contributed by atoms with E-state index in [-0.39, 0.29) is 5.69 Å². The summed E-state index contributed by atoms with van der Waals surface area (Å²) in [7, 11) is 0. The summed E-state index contributed by atoms with van der Waals surface area (Å²) in [6.07, 6.45) is 1.41. The number of halogens is 1. The molecule has 0 fully saturated rings. The quantitative estimate of drug-likeness (QED) is 0.714. The van der Waals surface area contributed by atoms with E-state index in [2.05, 4.69) is 9.97 Å². The van der Waals surface area contributed by atoms with Crippen molar-refractivity contribution in [1.29, 1.82) is 0 Å². The van der Waals surface area contributed by atoms with Gasteiger partial charge in [0, 0.05) is 6.07 Å². The SMILES string of the molecule is Nc1cc(F)ccc1Oc1ncnc2ccccc12. The monoisotopic (exact) mass is 255 g/mol. The first-order chi connectivity index (χ1) is 9.24. The normalized spacial score (nSPS) is 10.6. The number of para-hydroxylation sites is 1. The minimum absolute atomic E-state index is 0.225. The van der Waals surface area contributed by atoms with Crippen molar-refractivity contribution in [3.63, 3.8) is 0 Å². The molecule has 94 valence electrons. The van der Waals surface area contributed by atoms with E-state index in [1.54, 1.807) is 0 Å². The highest BCUT2D eigenvalue weighted by atomic mass is 19.1. The van der Waals surface area contributed by atoms with Crippen molar-refractivity contribution >= 4 is 16.6 Å². The van der Waals surface area contributed by atoms with Crippen LogP contribution in [0.4, 0.5) is 10.1 Å². The number of hydrogen-bond donors (Lipinski definition) is 1. The summed E-state index contributed by atoms with van der Waals surface area (Å²) in [5, 5.41) is 0.772. The molecule has 0 unspecified atom stereocenters. The standard InChI is InChI=1S/C14H10FN3O/c15-9-5-6-13(11(16)7-9)19-14-10-3-1-2-4-12(10)17-8-18-14/h1-8H,16H2. The third-order valence-electron chi connectivity index (χ3n) is 2.68. The molecule has 2 N–H and O–H groups in total. The maximum atomic E-state index is 13.0. The summed E-state index contributed by atoms with van der Waals surface area (Å²) in [5.74, 6) is 0.353. The Morgan fingerprint density at radius 3 is 2.74 bits per heavy atom. The van der Waals surface area contributed by atoms with Crippen molar-refractivity contribution in [3.8, 4) is 11.6 Å². The van der Waals surface area contributed by atoms with Gasteiger partial charge < -0.3 is 10.5 Å². The predicted molar refractivity (Wildman–Crippen MR) is 70.4 cm³/mol. The summed E-state index contributed by atoms with van der Waals surface area (Å²) >= 11 is 0. The number of ether oxygens (including phenoxy) is 1. The number of anilines is 1. The molecule has 1 heterocycles. The molecule has 5 heteroatoms. The maximum absolute atomic E-state index is 13.0. The van der Waals surface area contributed by atoms with E-state index in [0.29, 0.717) is 11.6 Å². The van der Waals surface area contributed by atoms with Crippen LogP contribution in [0.1, 0.15) is 0 Å². The van der Waals surface area contributed by atoms with E-state index in [9.17, 15) is 4.39 Å². The third kappa shape index (κ3) is 2.18. The zero-order valence-corrected chi connectivity index (χ0v) is 9.88. The van der Waals surface area contributed by atoms with Gasteiger partial charge in [0.15, 0.2) is 5.75 Å². The van der Waals surface area contributed by atoms with Crippen molar-refractivity contribution in [2.24, 2.45) is 0 Å². The molecule has 1 aromatic heterocycles. The number of nitrogens with two attached hydrogens (primary N) is 1. The van der Waals surface area contributed by atoms with Gasteiger partial charge in [-0.3, -0.25) is 0 Å². The highest BCUT2D eigenvalue weighted by molar-refractivity contribution is 5.83. The lowest BCUT2D eigenvalue weighted by atomic mass is 10.2. The van der Waals surface area contributed by atoms with Crippen LogP contribution in [0.2, 0.25) is 0 Å². The second-order valence-corrected chi connectivity index (χ2v) is 3.98. The van der Waals surface area contributed by atoms with Crippen LogP contribution >= 0.6 is 0 Å². The second kappa shape index (κ2) is 4.53. The van der Waals surface area contributed by atoms with Crippen LogP contribution in [0, 0.1) is 5.82 Å². The molecule has 0 aliphatic carbocycles. The molecule has 0 radical (unpaired) electrons. The van der Waals surface area contributed by atoms with E-state index in [1.807, 2.05) is 24.3 Å². The molecule has 19 heavy (non-hydrogen) atoms. The Balaban J connectivity index is 2.06. The second-order valence-electron chi connectivity index (χ2n) is 3.98. The fourth-order valence-electron chi connectivity index (χ4n) is 1.78. The van der Waals surface area contributed by atoms with Gasteiger partial charge >= 0.3 is 0 Å². The highest BCUT2D eigenvalue weighted by Crippen LogP contribution is 2.30. The molecular weight excluding hydrogens is 245 g/mol. The lowest BCUT2D eigenvalue weighted by molar-refractivity contribution is 0.469. The Morgan fingerprint density at radius 1 is 1.05 bits per heavy atom. The Bertz CT molecular complexity index is 740. The molecule has 0 aliphatic rings. The summed E-state index contributed by atoms with van der Waals surface area (Å²) < 4.78 is 18.6. The summed E-state index contributed by atoms with van der Waals surface area (Å²) in [5.41, 5.74) is 6.70. The van der Waals surface area contributed by atoms with Crippen molar-refractivity contribution in [2.45, 2.75) is 0 Å². The molecule has 0 atom stereocenters. The van der Waals surface area contributed by atoms with Crippen molar-refractivity contribution in [3.05, 3.63) is 54.6 Å². The Hall–Kier alpha value is -2.69. The van der Waals surface area contributed by atoms with Crippen molar-refractivity contribution in [1.82, 2.24) is 9.97 Å². The fourth-order valence-corrected chi connectivity index (χ4v) is 1.78. The molecular formula is C14H10FN3O. The molecule has 0 spiro atoms. The van der Waals surface area contributed by atoms with Gasteiger partial charge in [-0.1, -0.05) is 12.1 Å². The first kappa shape index (κ1) is 11.4. The van der Waals surface area contributed by atoms with Crippen molar-refractivity contribution < 1.29 is 9.13 Å². The number of rotatable bonds is 2. The molecule has 0 amide bonds. The predicted octanol–water partition coefficient (Wildman–Crippen LogP) is 3.14. The Labute approximate surface area is 108 Å². The molecule has 0 bridgehead atoms. The van der Waals surface area contributed by atoms with Gasteiger partial charge in [0.05, 0.1) is 16.6 Å². The largest absolute Gasteiger partial charge is 0.436 e. The molecule has 0 saturated carbocycles. The number of benzene rings is 2. The molecule has 0 aliphatic heterocycles. The van der Waals surface area contributed by atoms with Gasteiger partial charge in [-0.05, 0) is 24.3 Å². The molecule has 4 nitrogen and oxygen atoms in total. The first-order valence-corrected chi connectivity index (χ1v) is 5.66. The Kier molecular flexibility index (Phi) is 2.72. The van der Waals surface area contributed by atoms with Crippen LogP contribution in [0.25, 0.3) is 10.9 Å². The van der Waals surface area contributed by atoms with Gasteiger partial charge in [0.1, 0.15) is 12.1 Å². The molecule has 2 aromatic carbocycles. The van der Waals surface area contributed by atoms with E-state index < -0.39 is 5.82 Å². The smallest absolute Gasteiger partial charge is 0.230 e. The number of nitrogen functional groups attached to an aromatic ring is 1. The van der Waals surface area contributed by atoms with E-state index in [4.69, 9.17) is 10.5 Å². The summed E-state index contributed by atoms with van der Waals surface area (Å²) in [4.78, 5) is 8.22. The molecule has 3 rings (SSSR count). The molecule has 0 saturated heterocycles. The number of hydrogen-bond acceptors (Lipinski definition) is 4. The fraction of sp³-hybridized carbons (Fsp3) is 0. The van der Waals surface area contributed by atoms with Crippen LogP contribution in [-0.4, -0.2) is 9.97 Å². The number of aromatic nitrogens is 2. The van der Waals surface area contributed by atoms with Crippen LogP contribution in [0.5, 0.6) is 11.6 Å². The zero-order chi connectivity index (χ0) is 13.2. The lowest BCUT2D eigenvalue weighted by Crippen LogP contribution is -1.95. The first-order valence-electron chi connectivity index (χ1n) is 5.66. The maximum Gasteiger partial charge on any atom is 0.230 e. The third-order valence-corrected chi connectivity index (χ3v) is 2.68. The van der Waals surface area contributed by atoms with Gasteiger partial charge in [0.2, 0.25) is 5.88 Å². The minimum Gasteiger partial charge on any atom is -0.436 e. The summed E-state index contributed by atoms with van der Waals surface area (Å²) in [6.45, 7) is 0. The number of nitrogens with zero attached hydrogens (tertiary/aromatic N) is 2. The highest BCUT2D eigenvalue weighted by Gasteiger charge is 2.08. The van der Waals surface area contributed by atoms with E-state index in [0.717, 1.165) is 10.9 Å². The lowest BCUT2D eigenvalue weighted by Gasteiger charge is -2.09. The zero-order valence-electron chi connectivity index (χ0n) is 9.88.